The van der Waals surface area contributed by atoms with Crippen LogP contribution in [0.1, 0.15) is 17.4 Å². The van der Waals surface area contributed by atoms with Crippen molar-refractivity contribution in [1.29, 1.82) is 0 Å². The van der Waals surface area contributed by atoms with Gasteiger partial charge in [0, 0.05) is 32.0 Å². The number of hydrogen-bond acceptors (Lipinski definition) is 4. The lowest BCUT2D eigenvalue weighted by Crippen LogP contribution is -2.49. The summed E-state index contributed by atoms with van der Waals surface area (Å²) in [6.07, 6.45) is 7.17. The first-order chi connectivity index (χ1) is 9.74. The summed E-state index contributed by atoms with van der Waals surface area (Å²) in [4.78, 5) is 23.9. The third-order valence-electron chi connectivity index (χ3n) is 3.77. The van der Waals surface area contributed by atoms with E-state index >= 15 is 0 Å². The summed E-state index contributed by atoms with van der Waals surface area (Å²) in [6.45, 7) is 2.27. The predicted octanol–water partition coefficient (Wildman–Crippen LogP) is 1.06. The van der Waals surface area contributed by atoms with Gasteiger partial charge >= 0.3 is 0 Å². The maximum Gasteiger partial charge on any atom is 0.227 e. The van der Waals surface area contributed by atoms with Crippen LogP contribution in [0.3, 0.4) is 0 Å². The number of likely N-dealkylation sites (N-methyl/N-ethyl adjacent to an activating group) is 1. The predicted molar refractivity (Wildman–Crippen MR) is 73.0 cm³/mol. The highest BCUT2D eigenvalue weighted by molar-refractivity contribution is 5.78. The average molecular weight is 274 g/mol. The molecule has 0 spiro atoms. The van der Waals surface area contributed by atoms with Gasteiger partial charge in [-0.3, -0.25) is 9.69 Å². The summed E-state index contributed by atoms with van der Waals surface area (Å²) in [6, 6.07) is 1.96. The molecule has 6 nitrogen and oxygen atoms in total. The number of piperazine rings is 1. The molecule has 1 fully saturated rings. The molecule has 3 heterocycles. The van der Waals surface area contributed by atoms with Crippen molar-refractivity contribution in [1.82, 2.24) is 19.8 Å². The molecule has 1 atom stereocenters. The van der Waals surface area contributed by atoms with Gasteiger partial charge < -0.3 is 14.3 Å². The summed E-state index contributed by atoms with van der Waals surface area (Å²) in [5, 5.41) is 0. The maximum absolute atomic E-state index is 12.3. The van der Waals surface area contributed by atoms with E-state index in [1.165, 1.54) is 0 Å². The van der Waals surface area contributed by atoms with Crippen LogP contribution in [0.2, 0.25) is 0 Å². The first kappa shape index (κ1) is 12.9. The third kappa shape index (κ3) is 2.60. The van der Waals surface area contributed by atoms with Crippen molar-refractivity contribution < 1.29 is 9.21 Å². The van der Waals surface area contributed by atoms with Crippen LogP contribution in [0.15, 0.2) is 35.4 Å². The van der Waals surface area contributed by atoms with Crippen molar-refractivity contribution in [2.24, 2.45) is 0 Å². The zero-order valence-corrected chi connectivity index (χ0v) is 11.5. The van der Waals surface area contributed by atoms with Crippen molar-refractivity contribution in [3.8, 4) is 0 Å². The molecule has 1 amide bonds. The zero-order chi connectivity index (χ0) is 13.9. The minimum Gasteiger partial charge on any atom is -0.472 e. The molecule has 0 aromatic carbocycles. The second-order valence-electron chi connectivity index (χ2n) is 5.12. The van der Waals surface area contributed by atoms with Crippen molar-refractivity contribution in [3.05, 3.63) is 42.4 Å². The number of furan rings is 1. The van der Waals surface area contributed by atoms with E-state index in [0.29, 0.717) is 13.0 Å². The number of nitrogens with zero attached hydrogens (tertiary/aromatic N) is 3. The zero-order valence-electron chi connectivity index (χ0n) is 11.5. The maximum atomic E-state index is 12.3. The monoisotopic (exact) mass is 274 g/mol. The third-order valence-corrected chi connectivity index (χ3v) is 3.77. The second kappa shape index (κ2) is 5.50. The number of imidazole rings is 1. The Kier molecular flexibility index (Phi) is 3.56. The van der Waals surface area contributed by atoms with Crippen LogP contribution in [0.5, 0.6) is 0 Å². The largest absolute Gasteiger partial charge is 0.472 e. The molecule has 1 aliphatic heterocycles. The fraction of sp³-hybridized carbons (Fsp3) is 0.429. The average Bonchev–Trinajstić information content (AvgIpc) is 3.11. The van der Waals surface area contributed by atoms with Crippen molar-refractivity contribution in [2.75, 3.05) is 26.7 Å². The molecule has 106 valence electrons. The molecular formula is C14H18N4O2. The number of H-pyrrole nitrogens is 1. The van der Waals surface area contributed by atoms with Gasteiger partial charge in [0.2, 0.25) is 5.91 Å². The highest BCUT2D eigenvalue weighted by Gasteiger charge is 2.29. The molecule has 6 heteroatoms. The van der Waals surface area contributed by atoms with Crippen LogP contribution in [0.4, 0.5) is 0 Å². The molecule has 3 rings (SSSR count). The first-order valence-corrected chi connectivity index (χ1v) is 6.72. The number of carbonyl (C=O) groups excluding carboxylic acids is 1. The molecule has 20 heavy (non-hydrogen) atoms. The van der Waals surface area contributed by atoms with Gasteiger partial charge in [0.15, 0.2) is 0 Å². The number of hydrogen-bond donors (Lipinski definition) is 1. The lowest BCUT2D eigenvalue weighted by molar-refractivity contribution is -0.133. The van der Waals surface area contributed by atoms with Crippen molar-refractivity contribution in [2.45, 2.75) is 12.5 Å². The van der Waals surface area contributed by atoms with Gasteiger partial charge in [0.25, 0.3) is 0 Å². The van der Waals surface area contributed by atoms with Gasteiger partial charge in [0.1, 0.15) is 5.82 Å². The van der Waals surface area contributed by atoms with Gasteiger partial charge in [0.05, 0.1) is 25.0 Å². The lowest BCUT2D eigenvalue weighted by atomic mass is 10.1. The van der Waals surface area contributed by atoms with Gasteiger partial charge in [-0.15, -0.1) is 0 Å². The normalized spacial score (nSPS) is 20.2. The minimum absolute atomic E-state index is 0.132. The summed E-state index contributed by atoms with van der Waals surface area (Å²) >= 11 is 0. The van der Waals surface area contributed by atoms with E-state index in [1.807, 2.05) is 17.2 Å². The topological polar surface area (TPSA) is 65.4 Å². The molecule has 1 N–H and O–H groups in total. The van der Waals surface area contributed by atoms with E-state index < -0.39 is 0 Å². The van der Waals surface area contributed by atoms with Crippen LogP contribution in [-0.4, -0.2) is 52.4 Å². The Hall–Kier alpha value is -2.08. The van der Waals surface area contributed by atoms with Gasteiger partial charge in [-0.2, -0.15) is 0 Å². The Morgan fingerprint density at radius 2 is 2.45 bits per heavy atom. The SMILES string of the molecule is CN1CCN(C(=O)Cc2ccoc2)CC1c1ncc[nH]1. The lowest BCUT2D eigenvalue weighted by Gasteiger charge is -2.38. The first-order valence-electron chi connectivity index (χ1n) is 6.72. The standard InChI is InChI=1S/C14H18N4O2/c1-17-5-6-18(9-12(17)14-15-3-4-16-14)13(19)8-11-2-7-20-10-11/h2-4,7,10,12H,5-6,8-9H2,1H3,(H,15,16). The fourth-order valence-electron chi connectivity index (χ4n) is 2.53. The smallest absolute Gasteiger partial charge is 0.227 e. The van der Waals surface area contributed by atoms with E-state index in [2.05, 4.69) is 21.9 Å². The van der Waals surface area contributed by atoms with Crippen molar-refractivity contribution in [3.63, 3.8) is 0 Å². The van der Waals surface area contributed by atoms with Crippen LogP contribution < -0.4 is 0 Å². The number of aromatic amines is 1. The van der Waals surface area contributed by atoms with E-state index in [9.17, 15) is 4.79 Å². The molecule has 1 saturated heterocycles. The highest BCUT2D eigenvalue weighted by Crippen LogP contribution is 2.21. The molecule has 0 saturated carbocycles. The van der Waals surface area contributed by atoms with Crippen LogP contribution in [0, 0.1) is 0 Å². The number of nitrogens with one attached hydrogen (secondary N) is 1. The molecule has 1 aliphatic rings. The highest BCUT2D eigenvalue weighted by atomic mass is 16.3. The van der Waals surface area contributed by atoms with E-state index in [1.54, 1.807) is 18.7 Å². The molecule has 2 aromatic heterocycles. The molecule has 2 aromatic rings. The number of rotatable bonds is 3. The Bertz CT molecular complexity index is 550. The summed E-state index contributed by atoms with van der Waals surface area (Å²) in [5.74, 6) is 1.05. The number of carbonyl (C=O) groups is 1. The van der Waals surface area contributed by atoms with E-state index in [0.717, 1.165) is 24.5 Å². The molecular weight excluding hydrogens is 256 g/mol. The molecule has 0 bridgehead atoms. The van der Waals surface area contributed by atoms with Crippen LogP contribution >= 0.6 is 0 Å². The summed E-state index contributed by atoms with van der Waals surface area (Å²) in [5.41, 5.74) is 0.920. The Morgan fingerprint density at radius 1 is 1.55 bits per heavy atom. The summed E-state index contributed by atoms with van der Waals surface area (Å²) in [7, 11) is 2.06. The molecule has 0 aliphatic carbocycles. The Labute approximate surface area is 117 Å². The molecule has 1 unspecified atom stereocenters. The quantitative estimate of drug-likeness (QED) is 0.909. The van der Waals surface area contributed by atoms with Gasteiger partial charge in [-0.05, 0) is 18.7 Å². The van der Waals surface area contributed by atoms with Crippen molar-refractivity contribution >= 4 is 5.91 Å². The van der Waals surface area contributed by atoms with Gasteiger partial charge in [-0.25, -0.2) is 4.98 Å². The number of amides is 1. The van der Waals surface area contributed by atoms with Crippen LogP contribution in [-0.2, 0) is 11.2 Å². The van der Waals surface area contributed by atoms with Gasteiger partial charge in [-0.1, -0.05) is 0 Å². The number of aromatic nitrogens is 2. The Morgan fingerprint density at radius 3 is 3.15 bits per heavy atom. The second-order valence-corrected chi connectivity index (χ2v) is 5.12. The fourth-order valence-corrected chi connectivity index (χ4v) is 2.53. The van der Waals surface area contributed by atoms with Crippen LogP contribution in [0.25, 0.3) is 0 Å². The minimum atomic E-state index is 0.132. The van der Waals surface area contributed by atoms with E-state index in [-0.39, 0.29) is 11.9 Å². The molecule has 0 radical (unpaired) electrons. The van der Waals surface area contributed by atoms with E-state index in [4.69, 9.17) is 4.42 Å². The summed E-state index contributed by atoms with van der Waals surface area (Å²) < 4.78 is 5.01. The Balaban J connectivity index is 1.67.